The molecule has 0 radical (unpaired) electrons. The number of benzene rings is 1. The molecule has 1 aromatic carbocycles. The largest absolute Gasteiger partial charge is 0.478 e. The molecule has 1 heterocycles. The molecule has 0 amide bonds. The number of nitrogens with zero attached hydrogens (tertiary/aromatic N) is 2. The molecule has 1 fully saturated rings. The second kappa shape index (κ2) is 6.39. The standard InChI is InChI=1S/C14H19BrN2O2/c1-16(8-9-17-6-2-3-7-17)13-5-4-11(15)10-12(13)14(18)19/h4-5,10H,2-3,6-9H2,1H3,(H,18,19). The number of carboxylic acids is 1. The number of likely N-dealkylation sites (tertiary alicyclic amines) is 1. The number of likely N-dealkylation sites (N-methyl/N-ethyl adjacent to an activating group) is 1. The van der Waals surface area contributed by atoms with Gasteiger partial charge in [0.25, 0.3) is 0 Å². The van der Waals surface area contributed by atoms with Gasteiger partial charge < -0.3 is 14.9 Å². The summed E-state index contributed by atoms with van der Waals surface area (Å²) in [4.78, 5) is 15.7. The topological polar surface area (TPSA) is 43.8 Å². The lowest BCUT2D eigenvalue weighted by molar-refractivity contribution is 0.0697. The molecule has 0 unspecified atom stereocenters. The van der Waals surface area contributed by atoms with E-state index in [2.05, 4.69) is 20.8 Å². The molecular weight excluding hydrogens is 308 g/mol. The van der Waals surface area contributed by atoms with Crippen molar-refractivity contribution in [1.82, 2.24) is 4.90 Å². The highest BCUT2D eigenvalue weighted by atomic mass is 79.9. The van der Waals surface area contributed by atoms with E-state index in [9.17, 15) is 9.90 Å². The maximum atomic E-state index is 11.3. The predicted molar refractivity (Wildman–Crippen MR) is 80.0 cm³/mol. The molecule has 0 saturated carbocycles. The highest BCUT2D eigenvalue weighted by Gasteiger charge is 2.16. The van der Waals surface area contributed by atoms with Crippen LogP contribution >= 0.6 is 15.9 Å². The van der Waals surface area contributed by atoms with Gasteiger partial charge in [0.2, 0.25) is 0 Å². The van der Waals surface area contributed by atoms with Crippen LogP contribution in [0.15, 0.2) is 22.7 Å². The molecule has 1 N–H and O–H groups in total. The van der Waals surface area contributed by atoms with Crippen LogP contribution in [0.3, 0.4) is 0 Å². The van der Waals surface area contributed by atoms with E-state index < -0.39 is 5.97 Å². The van der Waals surface area contributed by atoms with Gasteiger partial charge in [0.1, 0.15) is 0 Å². The van der Waals surface area contributed by atoms with Gasteiger partial charge in [-0.3, -0.25) is 0 Å². The molecule has 4 nitrogen and oxygen atoms in total. The molecule has 1 aromatic rings. The van der Waals surface area contributed by atoms with Crippen molar-refractivity contribution in [3.63, 3.8) is 0 Å². The Morgan fingerprint density at radius 1 is 1.42 bits per heavy atom. The Bertz CT molecular complexity index is 459. The maximum Gasteiger partial charge on any atom is 0.337 e. The number of carbonyl (C=O) groups is 1. The first-order chi connectivity index (χ1) is 9.08. The van der Waals surface area contributed by atoms with Crippen LogP contribution in [0.4, 0.5) is 5.69 Å². The van der Waals surface area contributed by atoms with Crippen molar-refractivity contribution < 1.29 is 9.90 Å². The average Bonchev–Trinajstić information content (AvgIpc) is 2.88. The fourth-order valence-electron chi connectivity index (χ4n) is 2.43. The maximum absolute atomic E-state index is 11.3. The van der Waals surface area contributed by atoms with Gasteiger partial charge in [-0.1, -0.05) is 15.9 Å². The number of carboxylic acid groups (broad SMARTS) is 1. The Kier molecular flexibility index (Phi) is 4.82. The van der Waals surface area contributed by atoms with Crippen molar-refractivity contribution in [2.24, 2.45) is 0 Å². The molecule has 104 valence electrons. The fourth-order valence-corrected chi connectivity index (χ4v) is 2.79. The summed E-state index contributed by atoms with van der Waals surface area (Å²) in [6.07, 6.45) is 2.56. The molecule has 1 aliphatic heterocycles. The van der Waals surface area contributed by atoms with Crippen molar-refractivity contribution in [2.75, 3.05) is 38.1 Å². The predicted octanol–water partition coefficient (Wildman–Crippen LogP) is 2.68. The smallest absolute Gasteiger partial charge is 0.337 e. The van der Waals surface area contributed by atoms with E-state index in [0.717, 1.165) is 23.2 Å². The Hall–Kier alpha value is -1.07. The van der Waals surface area contributed by atoms with E-state index in [1.165, 1.54) is 25.9 Å². The summed E-state index contributed by atoms with van der Waals surface area (Å²) < 4.78 is 0.793. The molecule has 0 bridgehead atoms. The van der Waals surface area contributed by atoms with Gasteiger partial charge in [0.05, 0.1) is 11.3 Å². The normalized spacial score (nSPS) is 15.7. The van der Waals surface area contributed by atoms with Gasteiger partial charge in [-0.25, -0.2) is 4.79 Å². The van der Waals surface area contributed by atoms with Crippen LogP contribution in [0.1, 0.15) is 23.2 Å². The molecule has 1 saturated heterocycles. The van der Waals surface area contributed by atoms with Crippen LogP contribution < -0.4 is 4.90 Å². The first-order valence-electron chi connectivity index (χ1n) is 6.54. The van der Waals surface area contributed by atoms with Crippen LogP contribution in [-0.2, 0) is 0 Å². The second-order valence-corrected chi connectivity index (χ2v) is 5.85. The summed E-state index contributed by atoms with van der Waals surface area (Å²) in [5, 5.41) is 9.26. The number of rotatable bonds is 5. The van der Waals surface area contributed by atoms with E-state index in [1.807, 2.05) is 24.1 Å². The van der Waals surface area contributed by atoms with E-state index in [4.69, 9.17) is 0 Å². The first-order valence-corrected chi connectivity index (χ1v) is 7.33. The van der Waals surface area contributed by atoms with Crippen LogP contribution in [0, 0.1) is 0 Å². The SMILES string of the molecule is CN(CCN1CCCC1)c1ccc(Br)cc1C(=O)O. The van der Waals surface area contributed by atoms with Gasteiger partial charge in [0, 0.05) is 24.6 Å². The summed E-state index contributed by atoms with van der Waals surface area (Å²) in [5.74, 6) is -0.885. The van der Waals surface area contributed by atoms with E-state index >= 15 is 0 Å². The van der Waals surface area contributed by atoms with Gasteiger partial charge in [-0.2, -0.15) is 0 Å². The van der Waals surface area contributed by atoms with Gasteiger partial charge in [-0.05, 0) is 44.1 Å². The van der Waals surface area contributed by atoms with Crippen LogP contribution in [-0.4, -0.2) is 49.2 Å². The van der Waals surface area contributed by atoms with Crippen molar-refractivity contribution in [1.29, 1.82) is 0 Å². The summed E-state index contributed by atoms with van der Waals surface area (Å²) >= 11 is 3.32. The third-order valence-corrected chi connectivity index (χ3v) is 4.04. The van der Waals surface area contributed by atoms with Crippen LogP contribution in [0.25, 0.3) is 0 Å². The molecule has 19 heavy (non-hydrogen) atoms. The fraction of sp³-hybridized carbons (Fsp3) is 0.500. The lowest BCUT2D eigenvalue weighted by Gasteiger charge is -2.24. The third kappa shape index (κ3) is 3.70. The van der Waals surface area contributed by atoms with Crippen LogP contribution in [0.2, 0.25) is 0 Å². The van der Waals surface area contributed by atoms with Gasteiger partial charge in [0.15, 0.2) is 0 Å². The number of hydrogen-bond acceptors (Lipinski definition) is 3. The summed E-state index contributed by atoms with van der Waals surface area (Å²) in [6, 6.07) is 5.40. The third-order valence-electron chi connectivity index (χ3n) is 3.55. The lowest BCUT2D eigenvalue weighted by atomic mass is 10.1. The molecule has 0 aliphatic carbocycles. The van der Waals surface area contributed by atoms with Gasteiger partial charge >= 0.3 is 5.97 Å². The Labute approximate surface area is 122 Å². The Balaban J connectivity index is 2.05. The van der Waals surface area contributed by atoms with Crippen molar-refractivity contribution in [3.8, 4) is 0 Å². The van der Waals surface area contributed by atoms with Gasteiger partial charge in [-0.15, -0.1) is 0 Å². The van der Waals surface area contributed by atoms with Crippen LogP contribution in [0.5, 0.6) is 0 Å². The van der Waals surface area contributed by atoms with E-state index in [1.54, 1.807) is 6.07 Å². The van der Waals surface area contributed by atoms with E-state index in [0.29, 0.717) is 5.56 Å². The molecule has 0 spiro atoms. The summed E-state index contributed by atoms with van der Waals surface area (Å²) in [6.45, 7) is 4.17. The first kappa shape index (κ1) is 14.3. The molecule has 5 heteroatoms. The Morgan fingerprint density at radius 3 is 2.74 bits per heavy atom. The molecule has 1 aliphatic rings. The zero-order chi connectivity index (χ0) is 13.8. The minimum atomic E-state index is -0.885. The number of halogens is 1. The number of anilines is 1. The summed E-state index contributed by atoms with van der Waals surface area (Å²) in [7, 11) is 1.95. The quantitative estimate of drug-likeness (QED) is 0.903. The highest BCUT2D eigenvalue weighted by Crippen LogP contribution is 2.24. The minimum Gasteiger partial charge on any atom is -0.478 e. The monoisotopic (exact) mass is 326 g/mol. The van der Waals surface area contributed by atoms with Crippen molar-refractivity contribution in [3.05, 3.63) is 28.2 Å². The average molecular weight is 327 g/mol. The van der Waals surface area contributed by atoms with Crippen molar-refractivity contribution >= 4 is 27.6 Å². The number of aromatic carboxylic acids is 1. The number of hydrogen-bond donors (Lipinski definition) is 1. The summed E-state index contributed by atoms with van der Waals surface area (Å²) in [5.41, 5.74) is 1.12. The highest BCUT2D eigenvalue weighted by molar-refractivity contribution is 9.10. The zero-order valence-corrected chi connectivity index (χ0v) is 12.7. The minimum absolute atomic E-state index is 0.346. The molecular formula is C14H19BrN2O2. The lowest BCUT2D eigenvalue weighted by Crippen LogP contribution is -2.32. The van der Waals surface area contributed by atoms with E-state index in [-0.39, 0.29) is 0 Å². The molecule has 2 rings (SSSR count). The second-order valence-electron chi connectivity index (χ2n) is 4.94. The molecule has 0 atom stereocenters. The van der Waals surface area contributed by atoms with Crippen molar-refractivity contribution in [2.45, 2.75) is 12.8 Å². The zero-order valence-electron chi connectivity index (χ0n) is 11.1. The Morgan fingerprint density at radius 2 is 2.11 bits per heavy atom. The molecule has 0 aromatic heterocycles.